The lowest BCUT2D eigenvalue weighted by molar-refractivity contribution is 0.598. The monoisotopic (exact) mass is 316 g/mol. The van der Waals surface area contributed by atoms with Crippen LogP contribution in [0.5, 0.6) is 0 Å². The summed E-state index contributed by atoms with van der Waals surface area (Å²) < 4.78 is 24.8. The van der Waals surface area contributed by atoms with Crippen LogP contribution < -0.4 is 10.9 Å². The van der Waals surface area contributed by atoms with Crippen LogP contribution in [0, 0.1) is 0 Å². The summed E-state index contributed by atoms with van der Waals surface area (Å²) in [5.74, 6) is 0. The van der Waals surface area contributed by atoms with E-state index in [0.29, 0.717) is 5.69 Å². The van der Waals surface area contributed by atoms with Crippen LogP contribution in [0.15, 0.2) is 40.0 Å². The summed E-state index contributed by atoms with van der Waals surface area (Å²) >= 11 is 3.24. The lowest BCUT2D eigenvalue weighted by Crippen LogP contribution is -2.15. The highest BCUT2D eigenvalue weighted by atomic mass is 79.9. The number of aromatic nitrogens is 2. The van der Waals surface area contributed by atoms with E-state index >= 15 is 0 Å². The van der Waals surface area contributed by atoms with Gasteiger partial charge in [-0.3, -0.25) is 0 Å². The van der Waals surface area contributed by atoms with Crippen LogP contribution >= 0.6 is 15.9 Å². The van der Waals surface area contributed by atoms with Crippen LogP contribution in [0.25, 0.3) is 5.69 Å². The number of halogens is 1. The van der Waals surface area contributed by atoms with E-state index < -0.39 is 10.0 Å². The highest BCUT2D eigenvalue weighted by molar-refractivity contribution is 9.10. The summed E-state index contributed by atoms with van der Waals surface area (Å²) in [6.07, 6.45) is 3.24. The molecule has 0 fully saturated rings. The third-order valence-electron chi connectivity index (χ3n) is 2.15. The molecule has 1 aromatic heterocycles. The van der Waals surface area contributed by atoms with Gasteiger partial charge in [0.2, 0.25) is 10.0 Å². The van der Waals surface area contributed by atoms with Crippen molar-refractivity contribution in [1.82, 2.24) is 9.78 Å². The molecule has 0 atom stereocenters. The zero-order valence-electron chi connectivity index (χ0n) is 8.54. The number of benzene rings is 1. The van der Waals surface area contributed by atoms with Gasteiger partial charge in [0.05, 0.1) is 22.0 Å². The Morgan fingerprint density at radius 2 is 2.06 bits per heavy atom. The van der Waals surface area contributed by atoms with E-state index in [-0.39, 0.29) is 10.6 Å². The molecule has 0 unspecified atom stereocenters. The molecule has 0 aliphatic rings. The Hall–Kier alpha value is -1.38. The van der Waals surface area contributed by atoms with Crippen molar-refractivity contribution in [3.05, 3.63) is 35.1 Å². The summed E-state index contributed by atoms with van der Waals surface area (Å²) in [7, 11) is -3.84. The second-order valence-electron chi connectivity index (χ2n) is 3.34. The number of hydrogen-bond acceptors (Lipinski definition) is 4. The maximum atomic E-state index is 11.3. The molecule has 6 nitrogen and oxygen atoms in total. The number of sulfonamides is 1. The number of primary sulfonamides is 1. The van der Waals surface area contributed by atoms with Gasteiger partial charge in [-0.05, 0) is 28.1 Å². The number of nitrogens with two attached hydrogens (primary N) is 2. The second kappa shape index (κ2) is 4.13. The molecule has 4 N–H and O–H groups in total. The molecule has 0 bridgehead atoms. The van der Waals surface area contributed by atoms with Crippen molar-refractivity contribution in [2.45, 2.75) is 4.90 Å². The van der Waals surface area contributed by atoms with Crippen LogP contribution in [0.3, 0.4) is 0 Å². The number of hydrogen-bond donors (Lipinski definition) is 2. The zero-order valence-corrected chi connectivity index (χ0v) is 10.9. The molecule has 0 saturated carbocycles. The van der Waals surface area contributed by atoms with E-state index in [9.17, 15) is 8.42 Å². The molecule has 17 heavy (non-hydrogen) atoms. The van der Waals surface area contributed by atoms with Gasteiger partial charge in [0, 0.05) is 6.20 Å². The third kappa shape index (κ3) is 2.33. The van der Waals surface area contributed by atoms with E-state index in [4.69, 9.17) is 10.9 Å². The standard InChI is InChI=1S/C9H9BrN4O2S/c10-6-4-13-14(5-6)7-2-1-3-8(9(7)11)17(12,15)16/h1-5H,11H2,(H2,12,15,16). The first-order valence-electron chi connectivity index (χ1n) is 4.51. The average Bonchev–Trinajstić information content (AvgIpc) is 2.63. The fraction of sp³-hybridized carbons (Fsp3) is 0. The summed E-state index contributed by atoms with van der Waals surface area (Å²) in [4.78, 5) is -0.110. The SMILES string of the molecule is Nc1c(-n2cc(Br)cn2)cccc1S(N)(=O)=O. The number of anilines is 1. The molecular formula is C9H9BrN4O2S. The maximum absolute atomic E-state index is 11.3. The Labute approximate surface area is 106 Å². The van der Waals surface area contributed by atoms with Gasteiger partial charge in [-0.1, -0.05) is 6.07 Å². The van der Waals surface area contributed by atoms with Crippen molar-refractivity contribution < 1.29 is 8.42 Å². The van der Waals surface area contributed by atoms with Crippen molar-refractivity contribution in [3.63, 3.8) is 0 Å². The first-order valence-corrected chi connectivity index (χ1v) is 6.85. The molecule has 0 aliphatic heterocycles. The molecule has 1 heterocycles. The Morgan fingerprint density at radius 1 is 1.35 bits per heavy atom. The number of rotatable bonds is 2. The van der Waals surface area contributed by atoms with Crippen molar-refractivity contribution >= 4 is 31.6 Å². The quantitative estimate of drug-likeness (QED) is 0.802. The molecule has 8 heteroatoms. The minimum atomic E-state index is -3.84. The lowest BCUT2D eigenvalue weighted by Gasteiger charge is -2.09. The van der Waals surface area contributed by atoms with Gasteiger partial charge in [0.15, 0.2) is 0 Å². The summed E-state index contributed by atoms with van der Waals surface area (Å²) in [6.45, 7) is 0. The van der Waals surface area contributed by atoms with Gasteiger partial charge in [0.1, 0.15) is 4.90 Å². The highest BCUT2D eigenvalue weighted by Gasteiger charge is 2.15. The summed E-state index contributed by atoms with van der Waals surface area (Å²) in [5, 5.41) is 9.09. The van der Waals surface area contributed by atoms with Gasteiger partial charge in [-0.2, -0.15) is 5.10 Å². The van der Waals surface area contributed by atoms with Crippen LogP contribution in [0.4, 0.5) is 5.69 Å². The van der Waals surface area contributed by atoms with E-state index in [0.717, 1.165) is 4.47 Å². The first-order chi connectivity index (χ1) is 7.89. The number of nitrogen functional groups attached to an aromatic ring is 1. The Balaban J connectivity index is 2.65. The van der Waals surface area contributed by atoms with Gasteiger partial charge < -0.3 is 5.73 Å². The van der Waals surface area contributed by atoms with Crippen LogP contribution in [0.2, 0.25) is 0 Å². The zero-order chi connectivity index (χ0) is 12.6. The Morgan fingerprint density at radius 3 is 2.59 bits per heavy atom. The van der Waals surface area contributed by atoms with E-state index in [1.807, 2.05) is 0 Å². The minimum absolute atomic E-state index is 0.0746. The average molecular weight is 317 g/mol. The fourth-order valence-corrected chi connectivity index (χ4v) is 2.38. The third-order valence-corrected chi connectivity index (χ3v) is 3.53. The highest BCUT2D eigenvalue weighted by Crippen LogP contribution is 2.24. The van der Waals surface area contributed by atoms with Crippen molar-refractivity contribution in [2.24, 2.45) is 5.14 Å². The van der Waals surface area contributed by atoms with Gasteiger partial charge in [-0.25, -0.2) is 18.2 Å². The van der Waals surface area contributed by atoms with E-state index in [1.165, 1.54) is 10.7 Å². The molecule has 90 valence electrons. The smallest absolute Gasteiger partial charge is 0.240 e. The predicted octanol–water partition coefficient (Wildman–Crippen LogP) is 0.864. The molecule has 0 amide bonds. The summed E-state index contributed by atoms with van der Waals surface area (Å²) in [5.41, 5.74) is 6.31. The molecule has 0 spiro atoms. The first kappa shape index (κ1) is 12.1. The maximum Gasteiger partial charge on any atom is 0.240 e. The van der Waals surface area contributed by atoms with Crippen molar-refractivity contribution in [3.8, 4) is 5.69 Å². The largest absolute Gasteiger partial charge is 0.396 e. The molecule has 2 aromatic rings. The molecule has 1 aromatic carbocycles. The molecule has 0 radical (unpaired) electrons. The topological polar surface area (TPSA) is 104 Å². The lowest BCUT2D eigenvalue weighted by atomic mass is 10.3. The number of nitrogens with zero attached hydrogens (tertiary/aromatic N) is 2. The van der Waals surface area contributed by atoms with Gasteiger partial charge >= 0.3 is 0 Å². The molecular weight excluding hydrogens is 308 g/mol. The molecule has 2 rings (SSSR count). The van der Waals surface area contributed by atoms with Crippen LogP contribution in [-0.2, 0) is 10.0 Å². The van der Waals surface area contributed by atoms with E-state index in [1.54, 1.807) is 24.5 Å². The normalized spacial score (nSPS) is 11.6. The van der Waals surface area contributed by atoms with Crippen LogP contribution in [0.1, 0.15) is 0 Å². The number of para-hydroxylation sites is 1. The Kier molecular flexibility index (Phi) is 2.94. The van der Waals surface area contributed by atoms with Gasteiger partial charge in [-0.15, -0.1) is 0 Å². The van der Waals surface area contributed by atoms with E-state index in [2.05, 4.69) is 21.0 Å². The minimum Gasteiger partial charge on any atom is -0.396 e. The molecule has 0 aliphatic carbocycles. The van der Waals surface area contributed by atoms with Crippen molar-refractivity contribution in [2.75, 3.05) is 5.73 Å². The van der Waals surface area contributed by atoms with Gasteiger partial charge in [0.25, 0.3) is 0 Å². The second-order valence-corrected chi connectivity index (χ2v) is 5.78. The van der Waals surface area contributed by atoms with Crippen molar-refractivity contribution in [1.29, 1.82) is 0 Å². The predicted molar refractivity (Wildman–Crippen MR) is 67.0 cm³/mol. The summed E-state index contributed by atoms with van der Waals surface area (Å²) in [6, 6.07) is 4.57. The fourth-order valence-electron chi connectivity index (χ4n) is 1.41. The Bertz CT molecular complexity index is 665. The molecule has 0 saturated heterocycles. The van der Waals surface area contributed by atoms with Crippen LogP contribution in [-0.4, -0.2) is 18.2 Å².